The number of nitrogens with zero attached hydrogens (tertiary/aromatic N) is 3. The van der Waals surface area contributed by atoms with E-state index in [2.05, 4.69) is 4.98 Å². The van der Waals surface area contributed by atoms with E-state index in [1.165, 1.54) is 21.7 Å². The van der Waals surface area contributed by atoms with Crippen LogP contribution in [-0.4, -0.2) is 54.7 Å². The maximum atomic E-state index is 12.9. The molecule has 1 amide bonds. The van der Waals surface area contributed by atoms with Crippen molar-refractivity contribution in [3.05, 3.63) is 58.3 Å². The van der Waals surface area contributed by atoms with E-state index in [4.69, 9.17) is 16.0 Å². The van der Waals surface area contributed by atoms with E-state index in [9.17, 15) is 13.2 Å². The first-order valence-corrected chi connectivity index (χ1v) is 12.1. The van der Waals surface area contributed by atoms with Crippen LogP contribution in [0, 0.1) is 6.92 Å². The first kappa shape index (κ1) is 21.0. The van der Waals surface area contributed by atoms with Crippen molar-refractivity contribution < 1.29 is 17.6 Å². The molecule has 7 nitrogen and oxygen atoms in total. The number of piperazine rings is 1. The molecule has 0 unspecified atom stereocenters. The molecule has 1 saturated heterocycles. The Morgan fingerprint density at radius 3 is 2.57 bits per heavy atom. The molecule has 30 heavy (non-hydrogen) atoms. The standard InChI is InChI=1S/C20H20ClN3O4S2/c1-14-16(22-20(28-14)17-6-4-12-29-17)13-19(25)23-8-10-24(11-9-23)30(26,27)18-7-3-2-5-15(18)21/h2-7,12H,8-11,13H2,1H3. The SMILES string of the molecule is Cc1oc(-c2cccs2)nc1CC(=O)N1CCN(S(=O)(=O)c2ccccc2Cl)CC1. The summed E-state index contributed by atoms with van der Waals surface area (Å²) in [6.07, 6.45) is 0.123. The maximum absolute atomic E-state index is 12.9. The van der Waals surface area contributed by atoms with Crippen molar-refractivity contribution >= 4 is 38.9 Å². The summed E-state index contributed by atoms with van der Waals surface area (Å²) in [5.41, 5.74) is 0.606. The smallest absolute Gasteiger partial charge is 0.244 e. The molecule has 1 aliphatic heterocycles. The summed E-state index contributed by atoms with van der Waals surface area (Å²) >= 11 is 7.59. The van der Waals surface area contributed by atoms with Gasteiger partial charge in [0, 0.05) is 26.2 Å². The fourth-order valence-electron chi connectivity index (χ4n) is 3.32. The van der Waals surface area contributed by atoms with E-state index in [1.807, 2.05) is 17.5 Å². The van der Waals surface area contributed by atoms with E-state index >= 15 is 0 Å². The first-order valence-electron chi connectivity index (χ1n) is 9.39. The van der Waals surface area contributed by atoms with Crippen LogP contribution < -0.4 is 0 Å². The number of oxazole rings is 1. The number of hydrogen-bond acceptors (Lipinski definition) is 6. The van der Waals surface area contributed by atoms with Gasteiger partial charge in [0.2, 0.25) is 21.8 Å². The number of rotatable bonds is 5. The molecule has 3 aromatic rings. The minimum Gasteiger partial charge on any atom is -0.440 e. The van der Waals surface area contributed by atoms with E-state index < -0.39 is 10.0 Å². The van der Waals surface area contributed by atoms with E-state index in [0.717, 1.165) is 4.88 Å². The van der Waals surface area contributed by atoms with Gasteiger partial charge in [-0.3, -0.25) is 4.79 Å². The maximum Gasteiger partial charge on any atom is 0.244 e. The van der Waals surface area contributed by atoms with Crippen LogP contribution >= 0.6 is 22.9 Å². The van der Waals surface area contributed by atoms with Gasteiger partial charge < -0.3 is 9.32 Å². The number of halogens is 1. The number of carbonyl (C=O) groups excluding carboxylic acids is 1. The Bertz CT molecular complexity index is 1150. The Labute approximate surface area is 183 Å². The highest BCUT2D eigenvalue weighted by Crippen LogP contribution is 2.27. The van der Waals surface area contributed by atoms with Crippen LogP contribution in [0.25, 0.3) is 10.8 Å². The summed E-state index contributed by atoms with van der Waals surface area (Å²) in [4.78, 5) is 19.9. The lowest BCUT2D eigenvalue weighted by atomic mass is 10.2. The zero-order valence-corrected chi connectivity index (χ0v) is 18.6. The average molecular weight is 466 g/mol. The second kappa shape index (κ2) is 8.50. The third kappa shape index (κ3) is 4.15. The molecule has 0 aliphatic carbocycles. The van der Waals surface area contributed by atoms with Gasteiger partial charge in [0.15, 0.2) is 0 Å². The van der Waals surface area contributed by atoms with Gasteiger partial charge in [-0.25, -0.2) is 13.4 Å². The normalized spacial score (nSPS) is 15.5. The van der Waals surface area contributed by atoms with Gasteiger partial charge in [-0.1, -0.05) is 29.8 Å². The lowest BCUT2D eigenvalue weighted by Gasteiger charge is -2.34. The molecule has 10 heteroatoms. The van der Waals surface area contributed by atoms with Gasteiger partial charge in [0.1, 0.15) is 10.7 Å². The summed E-state index contributed by atoms with van der Waals surface area (Å²) in [5.74, 6) is 1.03. The molecule has 3 heterocycles. The number of thiophene rings is 1. The molecular weight excluding hydrogens is 446 g/mol. The fraction of sp³-hybridized carbons (Fsp3) is 0.300. The minimum atomic E-state index is -3.69. The molecule has 0 spiro atoms. The molecule has 0 bridgehead atoms. The van der Waals surface area contributed by atoms with Gasteiger partial charge in [-0.15, -0.1) is 11.3 Å². The van der Waals surface area contributed by atoms with E-state index in [-0.39, 0.29) is 35.3 Å². The van der Waals surface area contributed by atoms with E-state index in [1.54, 1.807) is 30.0 Å². The summed E-state index contributed by atoms with van der Waals surface area (Å²) in [5, 5.41) is 2.13. The highest BCUT2D eigenvalue weighted by Gasteiger charge is 2.31. The molecule has 158 valence electrons. The van der Waals surface area contributed by atoms with Crippen molar-refractivity contribution in [2.75, 3.05) is 26.2 Å². The number of hydrogen-bond donors (Lipinski definition) is 0. The second-order valence-corrected chi connectivity index (χ2v) is 10.2. The number of carbonyl (C=O) groups is 1. The molecule has 1 fully saturated rings. The van der Waals surface area contributed by atoms with Crippen molar-refractivity contribution in [3.63, 3.8) is 0 Å². The average Bonchev–Trinajstić information content (AvgIpc) is 3.38. The van der Waals surface area contributed by atoms with Gasteiger partial charge in [-0.05, 0) is 30.5 Å². The Balaban J connectivity index is 1.40. The van der Waals surface area contributed by atoms with Crippen LogP contribution in [0.4, 0.5) is 0 Å². The van der Waals surface area contributed by atoms with Gasteiger partial charge in [-0.2, -0.15) is 4.31 Å². The number of aromatic nitrogens is 1. The summed E-state index contributed by atoms with van der Waals surface area (Å²) in [6.45, 7) is 2.87. The monoisotopic (exact) mass is 465 g/mol. The van der Waals surface area contributed by atoms with Crippen molar-refractivity contribution in [2.24, 2.45) is 0 Å². The second-order valence-electron chi connectivity index (χ2n) is 6.89. The molecule has 2 aromatic heterocycles. The van der Waals surface area contributed by atoms with Gasteiger partial charge >= 0.3 is 0 Å². The van der Waals surface area contributed by atoms with Crippen molar-refractivity contribution in [1.82, 2.24) is 14.2 Å². The van der Waals surface area contributed by atoms with Crippen molar-refractivity contribution in [2.45, 2.75) is 18.2 Å². The molecular formula is C20H20ClN3O4S2. The van der Waals surface area contributed by atoms with Crippen molar-refractivity contribution in [1.29, 1.82) is 0 Å². The fourth-order valence-corrected chi connectivity index (χ4v) is 5.89. The molecule has 1 aromatic carbocycles. The third-order valence-corrected chi connectivity index (χ3v) is 8.25. The number of sulfonamides is 1. The third-order valence-electron chi connectivity index (χ3n) is 4.99. The topological polar surface area (TPSA) is 83.7 Å². The van der Waals surface area contributed by atoms with Crippen LogP contribution in [0.5, 0.6) is 0 Å². The Kier molecular flexibility index (Phi) is 5.97. The number of benzene rings is 1. The summed E-state index contributed by atoms with van der Waals surface area (Å²) in [6, 6.07) is 10.2. The van der Waals surface area contributed by atoms with Crippen LogP contribution in [0.1, 0.15) is 11.5 Å². The molecule has 0 radical (unpaired) electrons. The quantitative estimate of drug-likeness (QED) is 0.576. The van der Waals surface area contributed by atoms with Gasteiger partial charge in [0.25, 0.3) is 0 Å². The first-order chi connectivity index (χ1) is 14.4. The van der Waals surface area contributed by atoms with Gasteiger partial charge in [0.05, 0.1) is 22.0 Å². The zero-order valence-electron chi connectivity index (χ0n) is 16.2. The lowest BCUT2D eigenvalue weighted by molar-refractivity contribution is -0.131. The highest BCUT2D eigenvalue weighted by atomic mass is 35.5. The number of amides is 1. The molecule has 0 saturated carbocycles. The Morgan fingerprint density at radius 1 is 1.17 bits per heavy atom. The van der Waals surface area contributed by atoms with Crippen LogP contribution in [0.15, 0.2) is 51.1 Å². The molecule has 1 aliphatic rings. The highest BCUT2D eigenvalue weighted by molar-refractivity contribution is 7.89. The van der Waals surface area contributed by atoms with Crippen LogP contribution in [-0.2, 0) is 21.2 Å². The largest absolute Gasteiger partial charge is 0.440 e. The molecule has 0 N–H and O–H groups in total. The Hall–Kier alpha value is -2.20. The zero-order chi connectivity index (χ0) is 21.3. The van der Waals surface area contributed by atoms with Crippen LogP contribution in [0.2, 0.25) is 5.02 Å². The number of aryl methyl sites for hydroxylation is 1. The molecule has 0 atom stereocenters. The van der Waals surface area contributed by atoms with E-state index in [0.29, 0.717) is 30.4 Å². The van der Waals surface area contributed by atoms with Crippen LogP contribution in [0.3, 0.4) is 0 Å². The Morgan fingerprint density at radius 2 is 1.90 bits per heavy atom. The summed E-state index contributed by atoms with van der Waals surface area (Å²) in [7, 11) is -3.69. The minimum absolute atomic E-state index is 0.0887. The van der Waals surface area contributed by atoms with Crippen molar-refractivity contribution in [3.8, 4) is 10.8 Å². The molecule has 4 rings (SSSR count). The lowest BCUT2D eigenvalue weighted by Crippen LogP contribution is -2.50. The summed E-state index contributed by atoms with van der Waals surface area (Å²) < 4.78 is 32.8. The predicted octanol–water partition coefficient (Wildman–Crippen LogP) is 3.44. The predicted molar refractivity (Wildman–Crippen MR) is 115 cm³/mol.